The maximum atomic E-state index is 13.0. The summed E-state index contributed by atoms with van der Waals surface area (Å²) in [5, 5.41) is 9.45. The summed E-state index contributed by atoms with van der Waals surface area (Å²) in [4.78, 5) is 1.42. The number of aliphatic hydroxyl groups is 1. The average Bonchev–Trinajstić information content (AvgIpc) is 2.27. The molecule has 0 aliphatic carbocycles. The minimum absolute atomic E-state index is 0.105. The van der Waals surface area contributed by atoms with E-state index < -0.39 is 24.4 Å². The summed E-state index contributed by atoms with van der Waals surface area (Å²) in [7, 11) is 0. The standard InChI is InChI=1S/C12H23F3N2O/c1-3-10(16)11(12(13,14)15)17-6-4-9(5-7-17)8(2)18/h8-11,18H,3-7,16H2,1-2H3. The molecule has 0 spiro atoms. The van der Waals surface area contributed by atoms with Crippen LogP contribution in [0.4, 0.5) is 13.2 Å². The monoisotopic (exact) mass is 268 g/mol. The summed E-state index contributed by atoms with van der Waals surface area (Å²) in [5.41, 5.74) is 5.62. The van der Waals surface area contributed by atoms with Gasteiger partial charge in [-0.25, -0.2) is 0 Å². The van der Waals surface area contributed by atoms with Gasteiger partial charge in [0.25, 0.3) is 0 Å². The van der Waals surface area contributed by atoms with E-state index in [1.807, 2.05) is 0 Å². The van der Waals surface area contributed by atoms with Gasteiger partial charge < -0.3 is 10.8 Å². The van der Waals surface area contributed by atoms with E-state index in [2.05, 4.69) is 0 Å². The van der Waals surface area contributed by atoms with Gasteiger partial charge in [-0.2, -0.15) is 13.2 Å². The molecule has 1 fully saturated rings. The number of piperidine rings is 1. The van der Waals surface area contributed by atoms with Crippen LogP contribution in [0.3, 0.4) is 0 Å². The van der Waals surface area contributed by atoms with Crippen LogP contribution in [0.15, 0.2) is 0 Å². The van der Waals surface area contributed by atoms with E-state index in [1.54, 1.807) is 13.8 Å². The van der Waals surface area contributed by atoms with Crippen LogP contribution in [-0.4, -0.2) is 47.5 Å². The first kappa shape index (κ1) is 15.7. The zero-order chi connectivity index (χ0) is 13.9. The van der Waals surface area contributed by atoms with Crippen molar-refractivity contribution < 1.29 is 18.3 Å². The van der Waals surface area contributed by atoms with Crippen molar-refractivity contribution in [2.24, 2.45) is 11.7 Å². The third-order valence-corrected chi connectivity index (χ3v) is 3.86. The molecular formula is C12H23F3N2O. The van der Waals surface area contributed by atoms with E-state index in [0.717, 1.165) is 0 Å². The Bertz CT molecular complexity index is 250. The lowest BCUT2D eigenvalue weighted by Gasteiger charge is -2.41. The molecule has 0 amide bonds. The van der Waals surface area contributed by atoms with E-state index in [1.165, 1.54) is 4.90 Å². The van der Waals surface area contributed by atoms with Gasteiger partial charge in [-0.3, -0.25) is 4.90 Å². The highest BCUT2D eigenvalue weighted by Crippen LogP contribution is 2.31. The Balaban J connectivity index is 2.67. The molecule has 18 heavy (non-hydrogen) atoms. The van der Waals surface area contributed by atoms with Crippen molar-refractivity contribution in [3.8, 4) is 0 Å². The van der Waals surface area contributed by atoms with Crippen molar-refractivity contribution in [2.45, 2.75) is 57.5 Å². The van der Waals surface area contributed by atoms with Crippen molar-refractivity contribution in [1.82, 2.24) is 4.90 Å². The van der Waals surface area contributed by atoms with Crippen LogP contribution in [0, 0.1) is 5.92 Å². The van der Waals surface area contributed by atoms with Gasteiger partial charge in [-0.15, -0.1) is 0 Å². The van der Waals surface area contributed by atoms with Crippen LogP contribution in [0.25, 0.3) is 0 Å². The second kappa shape index (κ2) is 6.21. The molecule has 0 saturated carbocycles. The van der Waals surface area contributed by atoms with Crippen LogP contribution < -0.4 is 5.73 Å². The number of hydrogen-bond acceptors (Lipinski definition) is 3. The first-order chi connectivity index (χ1) is 8.27. The van der Waals surface area contributed by atoms with Crippen LogP contribution >= 0.6 is 0 Å². The molecule has 1 aliphatic rings. The summed E-state index contributed by atoms with van der Waals surface area (Å²) < 4.78 is 39.1. The summed E-state index contributed by atoms with van der Waals surface area (Å²) in [6.45, 7) is 4.08. The number of nitrogens with zero attached hydrogens (tertiary/aromatic N) is 1. The number of nitrogens with two attached hydrogens (primary N) is 1. The van der Waals surface area contributed by atoms with Gasteiger partial charge in [0.1, 0.15) is 6.04 Å². The fraction of sp³-hybridized carbons (Fsp3) is 1.00. The molecule has 0 aromatic heterocycles. The maximum Gasteiger partial charge on any atom is 0.405 e. The van der Waals surface area contributed by atoms with E-state index in [0.29, 0.717) is 32.4 Å². The number of rotatable bonds is 4. The second-order valence-corrected chi connectivity index (χ2v) is 5.17. The highest BCUT2D eigenvalue weighted by atomic mass is 19.4. The first-order valence-corrected chi connectivity index (χ1v) is 6.51. The van der Waals surface area contributed by atoms with Crippen molar-refractivity contribution in [2.75, 3.05) is 13.1 Å². The van der Waals surface area contributed by atoms with E-state index in [-0.39, 0.29) is 5.92 Å². The molecule has 3 atom stereocenters. The van der Waals surface area contributed by atoms with Crippen molar-refractivity contribution in [1.29, 1.82) is 0 Å². The second-order valence-electron chi connectivity index (χ2n) is 5.17. The minimum atomic E-state index is -4.28. The van der Waals surface area contributed by atoms with Gasteiger partial charge in [-0.05, 0) is 45.2 Å². The van der Waals surface area contributed by atoms with E-state index in [4.69, 9.17) is 5.73 Å². The van der Waals surface area contributed by atoms with Crippen LogP contribution in [0.2, 0.25) is 0 Å². The maximum absolute atomic E-state index is 13.0. The third-order valence-electron chi connectivity index (χ3n) is 3.86. The number of halogens is 3. The Kier molecular flexibility index (Phi) is 5.43. The third kappa shape index (κ3) is 3.83. The molecule has 0 aromatic rings. The normalized spacial score (nSPS) is 24.8. The fourth-order valence-electron chi connectivity index (χ4n) is 2.62. The number of alkyl halides is 3. The summed E-state index contributed by atoms with van der Waals surface area (Å²) in [6, 6.07) is -2.44. The number of hydrogen-bond donors (Lipinski definition) is 2. The Morgan fingerprint density at radius 1 is 1.33 bits per heavy atom. The highest BCUT2D eigenvalue weighted by molar-refractivity contribution is 4.90. The van der Waals surface area contributed by atoms with Crippen molar-refractivity contribution >= 4 is 0 Å². The van der Waals surface area contributed by atoms with E-state index in [9.17, 15) is 18.3 Å². The van der Waals surface area contributed by atoms with Crippen LogP contribution in [-0.2, 0) is 0 Å². The molecule has 3 N–H and O–H groups in total. The molecule has 108 valence electrons. The molecule has 3 unspecified atom stereocenters. The Morgan fingerprint density at radius 2 is 1.83 bits per heavy atom. The van der Waals surface area contributed by atoms with Gasteiger partial charge >= 0.3 is 6.18 Å². The van der Waals surface area contributed by atoms with Crippen LogP contribution in [0.5, 0.6) is 0 Å². The minimum Gasteiger partial charge on any atom is -0.393 e. The van der Waals surface area contributed by atoms with Crippen molar-refractivity contribution in [3.05, 3.63) is 0 Å². The van der Waals surface area contributed by atoms with E-state index >= 15 is 0 Å². The Morgan fingerprint density at radius 3 is 2.17 bits per heavy atom. The van der Waals surface area contributed by atoms with Gasteiger partial charge in [0.15, 0.2) is 0 Å². The lowest BCUT2D eigenvalue weighted by Crippen LogP contribution is -2.58. The predicted molar refractivity (Wildman–Crippen MR) is 64.1 cm³/mol. The lowest BCUT2D eigenvalue weighted by molar-refractivity contribution is -0.193. The zero-order valence-corrected chi connectivity index (χ0v) is 11.0. The molecule has 1 aliphatic heterocycles. The van der Waals surface area contributed by atoms with Gasteiger partial charge in [-0.1, -0.05) is 6.92 Å². The number of aliphatic hydroxyl groups excluding tert-OH is 1. The molecular weight excluding hydrogens is 245 g/mol. The number of likely N-dealkylation sites (tertiary alicyclic amines) is 1. The Labute approximate surface area is 106 Å². The first-order valence-electron chi connectivity index (χ1n) is 6.51. The molecule has 0 aromatic carbocycles. The van der Waals surface area contributed by atoms with Gasteiger partial charge in [0.05, 0.1) is 6.10 Å². The SMILES string of the molecule is CCC(N)C(N1CCC(C(C)O)CC1)C(F)(F)F. The molecule has 1 saturated heterocycles. The van der Waals surface area contributed by atoms with Crippen molar-refractivity contribution in [3.63, 3.8) is 0 Å². The van der Waals surface area contributed by atoms with Crippen LogP contribution in [0.1, 0.15) is 33.1 Å². The summed E-state index contributed by atoms with van der Waals surface area (Å²) in [6.07, 6.45) is -3.23. The molecule has 1 rings (SSSR count). The molecule has 0 radical (unpaired) electrons. The topological polar surface area (TPSA) is 49.5 Å². The lowest BCUT2D eigenvalue weighted by atomic mass is 9.90. The van der Waals surface area contributed by atoms with Gasteiger partial charge in [0, 0.05) is 6.04 Å². The molecule has 0 bridgehead atoms. The zero-order valence-electron chi connectivity index (χ0n) is 11.0. The quantitative estimate of drug-likeness (QED) is 0.816. The predicted octanol–water partition coefficient (Wildman–Crippen LogP) is 1.75. The summed E-state index contributed by atoms with van der Waals surface area (Å²) >= 11 is 0. The van der Waals surface area contributed by atoms with Gasteiger partial charge in [0.2, 0.25) is 0 Å². The Hall–Kier alpha value is -0.330. The summed E-state index contributed by atoms with van der Waals surface area (Å²) in [5.74, 6) is 0.105. The smallest absolute Gasteiger partial charge is 0.393 e. The largest absolute Gasteiger partial charge is 0.405 e. The fourth-order valence-corrected chi connectivity index (χ4v) is 2.62. The molecule has 1 heterocycles. The molecule has 3 nitrogen and oxygen atoms in total. The molecule has 6 heteroatoms. The highest BCUT2D eigenvalue weighted by Gasteiger charge is 2.47. The average molecular weight is 268 g/mol.